The van der Waals surface area contributed by atoms with Gasteiger partial charge in [0.15, 0.2) is 11.5 Å². The quantitative estimate of drug-likeness (QED) is 0.236. The summed E-state index contributed by atoms with van der Waals surface area (Å²) in [7, 11) is 0.710. The van der Waals surface area contributed by atoms with Crippen LogP contribution in [0.5, 0.6) is 17.2 Å². The second kappa shape index (κ2) is 14.0. The van der Waals surface area contributed by atoms with Gasteiger partial charge in [0.25, 0.3) is 5.56 Å². The first-order valence-corrected chi connectivity index (χ1v) is 17.7. The van der Waals surface area contributed by atoms with Gasteiger partial charge in [-0.25, -0.2) is 23.4 Å². The molecule has 5 heterocycles. The third-order valence-electron chi connectivity index (χ3n) is 8.68. The molecule has 3 aromatic heterocycles. The predicted octanol–water partition coefficient (Wildman–Crippen LogP) is 1.44. The van der Waals surface area contributed by atoms with E-state index in [-0.39, 0.29) is 35.8 Å². The van der Waals surface area contributed by atoms with E-state index in [1.165, 1.54) is 15.2 Å². The number of hydrogen-bond acceptors (Lipinski definition) is 13. The van der Waals surface area contributed by atoms with Gasteiger partial charge >= 0.3 is 0 Å². The maximum absolute atomic E-state index is 13.9. The maximum atomic E-state index is 13.9. The minimum Gasteiger partial charge on any atom is -0.493 e. The Kier molecular flexibility index (Phi) is 9.82. The van der Waals surface area contributed by atoms with Crippen LogP contribution in [0.1, 0.15) is 10.4 Å². The number of rotatable bonds is 10. The van der Waals surface area contributed by atoms with Gasteiger partial charge < -0.3 is 24.0 Å². The Balaban J connectivity index is 1.13. The second-order valence-corrected chi connectivity index (χ2v) is 14.5. The normalized spacial score (nSPS) is 16.3. The van der Waals surface area contributed by atoms with E-state index in [1.54, 1.807) is 51.6 Å². The van der Waals surface area contributed by atoms with Gasteiger partial charge in [-0.15, -0.1) is 11.3 Å². The number of thiophene rings is 1. The highest BCUT2D eigenvalue weighted by Gasteiger charge is 2.34. The van der Waals surface area contributed by atoms with Gasteiger partial charge in [-0.3, -0.25) is 19.1 Å². The summed E-state index contributed by atoms with van der Waals surface area (Å²) in [4.78, 5) is 46.7. The second-order valence-electron chi connectivity index (χ2n) is 11.4. The molecule has 1 aromatic carbocycles. The lowest BCUT2D eigenvalue weighted by Gasteiger charge is -2.35. The number of amides is 1. The van der Waals surface area contributed by atoms with Crippen LogP contribution in [0.2, 0.25) is 0 Å². The van der Waals surface area contributed by atoms with Crippen molar-refractivity contribution >= 4 is 43.4 Å². The molecule has 256 valence electrons. The molecule has 0 unspecified atom stereocenters. The zero-order chi connectivity index (χ0) is 34.0. The van der Waals surface area contributed by atoms with Crippen LogP contribution < -0.4 is 24.7 Å². The zero-order valence-corrected chi connectivity index (χ0v) is 28.9. The maximum Gasteiger partial charge on any atom is 0.263 e. The van der Waals surface area contributed by atoms with Crippen LogP contribution in [-0.4, -0.2) is 122 Å². The Morgan fingerprint density at radius 3 is 2.23 bits per heavy atom. The molecule has 48 heavy (non-hydrogen) atoms. The summed E-state index contributed by atoms with van der Waals surface area (Å²) in [5, 5.41) is 0.0234. The van der Waals surface area contributed by atoms with Gasteiger partial charge in [0, 0.05) is 81.7 Å². The van der Waals surface area contributed by atoms with Crippen molar-refractivity contribution in [3.05, 3.63) is 57.7 Å². The lowest BCUT2D eigenvalue weighted by molar-refractivity contribution is -0.133. The number of nitrogens with zero attached hydrogens (tertiary/aromatic N) is 8. The highest BCUT2D eigenvalue weighted by atomic mass is 32.2. The van der Waals surface area contributed by atoms with Crippen LogP contribution in [0, 0.1) is 6.92 Å². The van der Waals surface area contributed by atoms with Gasteiger partial charge in [-0.2, -0.15) is 4.31 Å². The molecule has 1 amide bonds. The van der Waals surface area contributed by atoms with Crippen molar-refractivity contribution in [1.82, 2.24) is 33.6 Å². The minimum absolute atomic E-state index is 0.0234. The number of benzene rings is 1. The van der Waals surface area contributed by atoms with Crippen LogP contribution in [0.15, 0.2) is 46.6 Å². The number of methoxy groups -OCH3 is 3. The third-order valence-corrected chi connectivity index (χ3v) is 11.9. The number of carbonyl (C=O) groups is 1. The van der Waals surface area contributed by atoms with Crippen molar-refractivity contribution in [2.45, 2.75) is 24.9 Å². The van der Waals surface area contributed by atoms with E-state index in [0.29, 0.717) is 78.7 Å². The molecule has 15 nitrogen and oxygen atoms in total. The summed E-state index contributed by atoms with van der Waals surface area (Å²) in [6.45, 7) is 5.46. The van der Waals surface area contributed by atoms with Crippen LogP contribution in [0.25, 0.3) is 10.2 Å². The van der Waals surface area contributed by atoms with E-state index in [4.69, 9.17) is 14.2 Å². The summed E-state index contributed by atoms with van der Waals surface area (Å²) < 4.78 is 47.0. The molecule has 0 N–H and O–H groups in total. The van der Waals surface area contributed by atoms with Crippen molar-refractivity contribution in [1.29, 1.82) is 0 Å². The molecular formula is C31H38N8O7S2. The molecule has 0 radical (unpaired) electrons. The Bertz CT molecular complexity index is 1950. The molecule has 0 spiro atoms. The first-order valence-electron chi connectivity index (χ1n) is 15.4. The van der Waals surface area contributed by atoms with Crippen LogP contribution in [-0.2, 0) is 27.9 Å². The van der Waals surface area contributed by atoms with E-state index >= 15 is 0 Å². The molecule has 2 saturated heterocycles. The summed E-state index contributed by atoms with van der Waals surface area (Å²) in [5.41, 5.74) is 0.386. The van der Waals surface area contributed by atoms with Gasteiger partial charge in [-0.1, -0.05) is 6.07 Å². The van der Waals surface area contributed by atoms with E-state index in [9.17, 15) is 18.0 Å². The summed E-state index contributed by atoms with van der Waals surface area (Å²) in [6.07, 6.45) is 4.62. The number of fused-ring (bicyclic) bond motifs is 1. The minimum atomic E-state index is -4.02. The first kappa shape index (κ1) is 33.6. The number of ether oxygens (including phenoxy) is 3. The molecule has 2 aliphatic rings. The molecular weight excluding hydrogens is 661 g/mol. The van der Waals surface area contributed by atoms with E-state index in [1.807, 2.05) is 17.0 Å². The number of piperazine rings is 2. The van der Waals surface area contributed by atoms with E-state index in [2.05, 4.69) is 19.9 Å². The fraction of sp³-hybridized carbons (Fsp3) is 0.452. The molecule has 0 atom stereocenters. The zero-order valence-electron chi connectivity index (χ0n) is 27.3. The predicted molar refractivity (Wildman–Crippen MR) is 180 cm³/mol. The topological polar surface area (TPSA) is 153 Å². The van der Waals surface area contributed by atoms with Crippen molar-refractivity contribution < 1.29 is 27.4 Å². The van der Waals surface area contributed by atoms with Crippen LogP contribution >= 0.6 is 11.3 Å². The molecule has 17 heteroatoms. The monoisotopic (exact) mass is 698 g/mol. The van der Waals surface area contributed by atoms with E-state index in [0.717, 1.165) is 16.9 Å². The highest BCUT2D eigenvalue weighted by molar-refractivity contribution is 7.89. The largest absolute Gasteiger partial charge is 0.493 e. The number of aromatic nitrogens is 4. The number of carbonyl (C=O) groups excluding carboxylic acids is 1. The average molecular weight is 699 g/mol. The van der Waals surface area contributed by atoms with Gasteiger partial charge in [0.05, 0.1) is 33.0 Å². The molecule has 2 fully saturated rings. The van der Waals surface area contributed by atoms with Crippen molar-refractivity contribution in [3.63, 3.8) is 0 Å². The van der Waals surface area contributed by atoms with Gasteiger partial charge in [0.1, 0.15) is 16.3 Å². The van der Waals surface area contributed by atoms with E-state index < -0.39 is 15.6 Å². The number of hydrogen-bond donors (Lipinski definition) is 0. The summed E-state index contributed by atoms with van der Waals surface area (Å²) in [5.74, 6) is 2.02. The molecule has 0 aliphatic carbocycles. The average Bonchev–Trinajstić information content (AvgIpc) is 3.47. The fourth-order valence-corrected chi connectivity index (χ4v) is 9.27. The lowest BCUT2D eigenvalue weighted by atomic mass is 10.1. The first-order chi connectivity index (χ1) is 23.2. The SMILES string of the molecule is COc1ccc(CN2CCN(C(=O)Cn3cnc4sc(C)c(S(=O)(=O)N5CCN(c6ncccn6)CC5)c4c3=O)CC2)c(OC)c1OC. The van der Waals surface area contributed by atoms with Crippen molar-refractivity contribution in [2.75, 3.05) is 78.6 Å². The smallest absolute Gasteiger partial charge is 0.263 e. The van der Waals surface area contributed by atoms with Crippen molar-refractivity contribution in [2.24, 2.45) is 0 Å². The molecule has 0 saturated carbocycles. The van der Waals surface area contributed by atoms with Crippen LogP contribution in [0.4, 0.5) is 5.95 Å². The lowest BCUT2D eigenvalue weighted by Crippen LogP contribution is -2.49. The number of aryl methyl sites for hydroxylation is 1. The molecule has 2 aliphatic heterocycles. The number of sulfonamides is 1. The standard InChI is InChI=1S/C31H38N8O7S2/c1-21-28(48(42,43)39-16-14-37(15-17-39)31-32-8-5-9-33-31)25-29(47-21)34-20-38(30(25)41)19-24(40)36-12-10-35(11-13-36)18-22-6-7-23(44-2)27(46-4)26(22)45-3/h5-9,20H,10-19H2,1-4H3. The summed E-state index contributed by atoms with van der Waals surface area (Å²) >= 11 is 1.16. The summed E-state index contributed by atoms with van der Waals surface area (Å²) in [6, 6.07) is 5.50. The highest BCUT2D eigenvalue weighted by Crippen LogP contribution is 2.40. The fourth-order valence-electron chi connectivity index (χ4n) is 6.18. The van der Waals surface area contributed by atoms with Gasteiger partial charge in [-0.05, 0) is 19.1 Å². The number of anilines is 1. The third kappa shape index (κ3) is 6.42. The molecule has 0 bridgehead atoms. The Hall–Kier alpha value is -4.32. The molecule has 4 aromatic rings. The van der Waals surface area contributed by atoms with Crippen molar-refractivity contribution in [3.8, 4) is 17.2 Å². The Morgan fingerprint density at radius 2 is 1.58 bits per heavy atom. The molecule has 6 rings (SSSR count). The van der Waals surface area contributed by atoms with Crippen LogP contribution in [0.3, 0.4) is 0 Å². The Morgan fingerprint density at radius 1 is 0.896 bits per heavy atom. The Labute approximate surface area is 282 Å². The van der Waals surface area contributed by atoms with Gasteiger partial charge in [0.2, 0.25) is 27.6 Å².